The van der Waals surface area contributed by atoms with Crippen LogP contribution in [0.4, 0.5) is 0 Å². The Balaban J connectivity index is 2.79. The summed E-state index contributed by atoms with van der Waals surface area (Å²) in [5.74, 6) is 0.265. The number of carbonyl (C=O) groups excluding carboxylic acids is 1. The highest BCUT2D eigenvalue weighted by molar-refractivity contribution is 6.31. The second kappa shape index (κ2) is 4.43. The molecule has 2 heteroatoms. The summed E-state index contributed by atoms with van der Waals surface area (Å²) in [6.45, 7) is 3.83. The molecule has 0 atom stereocenters. The maximum absolute atomic E-state index is 11.1. The van der Waals surface area contributed by atoms with E-state index in [9.17, 15) is 4.79 Å². The summed E-state index contributed by atoms with van der Waals surface area (Å²) in [5.41, 5.74) is 2.08. The van der Waals surface area contributed by atoms with Gasteiger partial charge >= 0.3 is 0 Å². The van der Waals surface area contributed by atoms with Crippen LogP contribution in [0.1, 0.15) is 24.5 Å². The van der Waals surface area contributed by atoms with E-state index in [-0.39, 0.29) is 5.78 Å². The quantitative estimate of drug-likeness (QED) is 0.726. The molecule has 0 amide bonds. The molecule has 0 aromatic heterocycles. The second-order valence-electron chi connectivity index (χ2n) is 3.15. The number of hydrogen-bond donors (Lipinski definition) is 0. The van der Waals surface area contributed by atoms with Crippen LogP contribution in [0.3, 0.4) is 0 Å². The van der Waals surface area contributed by atoms with E-state index in [1.165, 1.54) is 0 Å². The van der Waals surface area contributed by atoms with Crippen molar-refractivity contribution in [1.82, 2.24) is 0 Å². The maximum Gasteiger partial charge on any atom is 0.136 e. The third kappa shape index (κ3) is 2.85. The van der Waals surface area contributed by atoms with E-state index in [0.29, 0.717) is 12.8 Å². The van der Waals surface area contributed by atoms with E-state index in [0.717, 1.165) is 16.1 Å². The first kappa shape index (κ1) is 10.3. The Hall–Kier alpha value is -0.820. The molecule has 0 saturated heterocycles. The standard InChI is InChI=1S/C11H13ClO/c1-3-10(13)7-9-4-5-11(12)8(2)6-9/h4-6H,3,7H2,1-2H3. The van der Waals surface area contributed by atoms with E-state index in [1.54, 1.807) is 0 Å². The monoisotopic (exact) mass is 196 g/mol. The third-order valence-electron chi connectivity index (χ3n) is 2.02. The number of benzene rings is 1. The van der Waals surface area contributed by atoms with Gasteiger partial charge < -0.3 is 0 Å². The van der Waals surface area contributed by atoms with Crippen LogP contribution >= 0.6 is 11.6 Å². The van der Waals surface area contributed by atoms with Crippen LogP contribution in [0.25, 0.3) is 0 Å². The Bertz CT molecular complexity index is 318. The van der Waals surface area contributed by atoms with E-state index >= 15 is 0 Å². The molecule has 0 aliphatic carbocycles. The summed E-state index contributed by atoms with van der Waals surface area (Å²) in [5, 5.41) is 0.757. The van der Waals surface area contributed by atoms with Gasteiger partial charge in [-0.15, -0.1) is 0 Å². The molecule has 0 unspecified atom stereocenters. The zero-order valence-electron chi connectivity index (χ0n) is 7.93. The number of Topliss-reactive ketones (excluding diaryl/α,β-unsaturated/α-hetero) is 1. The molecular formula is C11H13ClO. The molecule has 1 aromatic carbocycles. The molecule has 1 aromatic rings. The zero-order chi connectivity index (χ0) is 9.84. The van der Waals surface area contributed by atoms with Gasteiger partial charge in [0.05, 0.1) is 0 Å². The minimum Gasteiger partial charge on any atom is -0.299 e. The Kier molecular flexibility index (Phi) is 3.49. The van der Waals surface area contributed by atoms with Crippen LogP contribution in [0.2, 0.25) is 5.02 Å². The molecule has 0 fully saturated rings. The molecule has 0 aliphatic heterocycles. The van der Waals surface area contributed by atoms with Crippen LogP contribution in [0, 0.1) is 6.92 Å². The molecule has 13 heavy (non-hydrogen) atoms. The number of hydrogen-bond acceptors (Lipinski definition) is 1. The summed E-state index contributed by atoms with van der Waals surface area (Å²) in [6.07, 6.45) is 1.12. The third-order valence-corrected chi connectivity index (χ3v) is 2.44. The summed E-state index contributed by atoms with van der Waals surface area (Å²) in [6, 6.07) is 5.72. The first-order valence-electron chi connectivity index (χ1n) is 4.40. The Morgan fingerprint density at radius 2 is 2.15 bits per heavy atom. The minimum atomic E-state index is 0.265. The predicted molar refractivity (Wildman–Crippen MR) is 55.2 cm³/mol. The predicted octanol–water partition coefficient (Wildman–Crippen LogP) is 3.17. The van der Waals surface area contributed by atoms with Gasteiger partial charge in [-0.25, -0.2) is 0 Å². The molecule has 0 N–H and O–H groups in total. The average Bonchev–Trinajstić information content (AvgIpc) is 2.11. The molecule has 0 spiro atoms. The van der Waals surface area contributed by atoms with Gasteiger partial charge in [-0.1, -0.05) is 30.7 Å². The van der Waals surface area contributed by atoms with Gasteiger partial charge in [0, 0.05) is 17.9 Å². The van der Waals surface area contributed by atoms with Crippen LogP contribution in [-0.2, 0) is 11.2 Å². The van der Waals surface area contributed by atoms with Crippen molar-refractivity contribution >= 4 is 17.4 Å². The van der Waals surface area contributed by atoms with Gasteiger partial charge in [0.15, 0.2) is 0 Å². The molecule has 0 saturated carbocycles. The lowest BCUT2D eigenvalue weighted by atomic mass is 10.1. The lowest BCUT2D eigenvalue weighted by Gasteiger charge is -2.02. The molecule has 1 rings (SSSR count). The van der Waals surface area contributed by atoms with Gasteiger partial charge in [-0.2, -0.15) is 0 Å². The molecule has 0 bridgehead atoms. The molecule has 0 aliphatic rings. The van der Waals surface area contributed by atoms with Crippen molar-refractivity contribution in [1.29, 1.82) is 0 Å². The number of carbonyl (C=O) groups is 1. The highest BCUT2D eigenvalue weighted by atomic mass is 35.5. The summed E-state index contributed by atoms with van der Waals surface area (Å²) < 4.78 is 0. The fourth-order valence-corrected chi connectivity index (χ4v) is 1.29. The average molecular weight is 197 g/mol. The van der Waals surface area contributed by atoms with Crippen LogP contribution in [0.15, 0.2) is 18.2 Å². The smallest absolute Gasteiger partial charge is 0.136 e. The first-order chi connectivity index (χ1) is 6.13. The normalized spacial score (nSPS) is 10.1. The van der Waals surface area contributed by atoms with Crippen molar-refractivity contribution in [3.63, 3.8) is 0 Å². The highest BCUT2D eigenvalue weighted by Gasteiger charge is 2.02. The van der Waals surface area contributed by atoms with E-state index in [4.69, 9.17) is 11.6 Å². The van der Waals surface area contributed by atoms with Crippen molar-refractivity contribution in [2.75, 3.05) is 0 Å². The molecule has 70 valence electrons. The van der Waals surface area contributed by atoms with Crippen LogP contribution in [-0.4, -0.2) is 5.78 Å². The van der Waals surface area contributed by atoms with Gasteiger partial charge in [0.25, 0.3) is 0 Å². The van der Waals surface area contributed by atoms with Crippen molar-refractivity contribution in [2.24, 2.45) is 0 Å². The minimum absolute atomic E-state index is 0.265. The first-order valence-corrected chi connectivity index (χ1v) is 4.78. The van der Waals surface area contributed by atoms with E-state index in [1.807, 2.05) is 32.0 Å². The molecular weight excluding hydrogens is 184 g/mol. The Morgan fingerprint density at radius 1 is 1.46 bits per heavy atom. The second-order valence-corrected chi connectivity index (χ2v) is 3.56. The zero-order valence-corrected chi connectivity index (χ0v) is 8.69. The summed E-state index contributed by atoms with van der Waals surface area (Å²) in [4.78, 5) is 11.1. The lowest BCUT2D eigenvalue weighted by Crippen LogP contribution is -2.00. The number of rotatable bonds is 3. The summed E-state index contributed by atoms with van der Waals surface area (Å²) in [7, 11) is 0. The number of halogens is 1. The molecule has 1 nitrogen and oxygen atoms in total. The summed E-state index contributed by atoms with van der Waals surface area (Å²) >= 11 is 5.87. The topological polar surface area (TPSA) is 17.1 Å². The Labute approximate surface area is 83.7 Å². The van der Waals surface area contributed by atoms with Crippen molar-refractivity contribution in [3.05, 3.63) is 34.3 Å². The molecule has 0 radical (unpaired) electrons. The Morgan fingerprint density at radius 3 is 2.69 bits per heavy atom. The van der Waals surface area contributed by atoms with Crippen molar-refractivity contribution in [3.8, 4) is 0 Å². The van der Waals surface area contributed by atoms with Gasteiger partial charge in [-0.3, -0.25) is 4.79 Å². The largest absolute Gasteiger partial charge is 0.299 e. The van der Waals surface area contributed by atoms with Crippen molar-refractivity contribution < 1.29 is 4.79 Å². The SMILES string of the molecule is CCC(=O)Cc1ccc(Cl)c(C)c1. The van der Waals surface area contributed by atoms with E-state index < -0.39 is 0 Å². The van der Waals surface area contributed by atoms with Crippen molar-refractivity contribution in [2.45, 2.75) is 26.7 Å². The molecule has 0 heterocycles. The fourth-order valence-electron chi connectivity index (χ4n) is 1.17. The van der Waals surface area contributed by atoms with Gasteiger partial charge in [-0.05, 0) is 24.1 Å². The fraction of sp³-hybridized carbons (Fsp3) is 0.364. The van der Waals surface area contributed by atoms with Gasteiger partial charge in [0.1, 0.15) is 5.78 Å². The number of ketones is 1. The maximum atomic E-state index is 11.1. The van der Waals surface area contributed by atoms with Crippen LogP contribution < -0.4 is 0 Å². The van der Waals surface area contributed by atoms with E-state index in [2.05, 4.69) is 0 Å². The lowest BCUT2D eigenvalue weighted by molar-refractivity contribution is -0.118. The number of aryl methyl sites for hydroxylation is 1. The van der Waals surface area contributed by atoms with Crippen LogP contribution in [0.5, 0.6) is 0 Å². The highest BCUT2D eigenvalue weighted by Crippen LogP contribution is 2.16. The van der Waals surface area contributed by atoms with Gasteiger partial charge in [0.2, 0.25) is 0 Å².